The largest absolute Gasteiger partial charge is 0.394 e. The summed E-state index contributed by atoms with van der Waals surface area (Å²) in [6, 6.07) is -0.824. The molecule has 2 fully saturated rings. The van der Waals surface area contributed by atoms with Crippen molar-refractivity contribution in [2.24, 2.45) is 0 Å². The minimum absolute atomic E-state index is 0.224. The van der Waals surface area contributed by atoms with Crippen LogP contribution in [0.25, 0.3) is 0 Å². The van der Waals surface area contributed by atoms with Crippen molar-refractivity contribution in [2.75, 3.05) is 19.8 Å². The van der Waals surface area contributed by atoms with Gasteiger partial charge in [0.1, 0.15) is 48.8 Å². The monoisotopic (exact) mass is 764 g/mol. The summed E-state index contributed by atoms with van der Waals surface area (Å²) >= 11 is 0. The number of aliphatic hydroxyl groups excluding tert-OH is 8. The molecule has 12 unspecified atom stereocenters. The van der Waals surface area contributed by atoms with Crippen LogP contribution in [0.2, 0.25) is 0 Å². The van der Waals surface area contributed by atoms with Gasteiger partial charge in [-0.2, -0.15) is 0 Å². The summed E-state index contributed by atoms with van der Waals surface area (Å²) < 4.78 is 22.6. The molecule has 0 aromatic heterocycles. The zero-order chi connectivity index (χ0) is 39.0. The third-order valence-electron chi connectivity index (χ3n) is 10.2. The summed E-state index contributed by atoms with van der Waals surface area (Å²) in [5.74, 6) is -0.224. The molecule has 0 saturated carbocycles. The fraction of sp³-hybridized carbons (Fsp3) is 0.923. The van der Waals surface area contributed by atoms with Crippen LogP contribution in [0, 0.1) is 0 Å². The first kappa shape index (κ1) is 47.9. The number of allylic oxidation sites excluding steroid dienone is 2. The number of hydrogen-bond acceptors (Lipinski definition) is 13. The molecule has 0 spiro atoms. The Kier molecular flexibility index (Phi) is 25.5. The van der Waals surface area contributed by atoms with E-state index in [0.717, 1.165) is 70.6 Å². The van der Waals surface area contributed by atoms with Crippen molar-refractivity contribution < 1.29 is 64.6 Å². The van der Waals surface area contributed by atoms with Crippen molar-refractivity contribution in [1.29, 1.82) is 0 Å². The van der Waals surface area contributed by atoms with E-state index in [-0.39, 0.29) is 12.5 Å². The first-order chi connectivity index (χ1) is 25.6. The van der Waals surface area contributed by atoms with Gasteiger partial charge < -0.3 is 65.1 Å². The maximum absolute atomic E-state index is 13.0. The van der Waals surface area contributed by atoms with Crippen LogP contribution in [0.3, 0.4) is 0 Å². The Morgan fingerprint density at radius 3 is 1.87 bits per heavy atom. The third-order valence-corrected chi connectivity index (χ3v) is 10.2. The van der Waals surface area contributed by atoms with Gasteiger partial charge in [-0.3, -0.25) is 4.79 Å². The molecule has 53 heavy (non-hydrogen) atoms. The Hall–Kier alpha value is -1.27. The fourth-order valence-electron chi connectivity index (χ4n) is 6.77. The summed E-state index contributed by atoms with van der Waals surface area (Å²) in [7, 11) is 0. The molecule has 312 valence electrons. The van der Waals surface area contributed by atoms with E-state index in [1.165, 1.54) is 32.1 Å². The van der Waals surface area contributed by atoms with E-state index in [2.05, 4.69) is 31.3 Å². The predicted octanol–water partition coefficient (Wildman–Crippen LogP) is 2.48. The van der Waals surface area contributed by atoms with E-state index in [0.29, 0.717) is 19.3 Å². The van der Waals surface area contributed by atoms with Crippen LogP contribution in [-0.4, -0.2) is 140 Å². The maximum atomic E-state index is 13.0. The molecular weight excluding hydrogens is 690 g/mol. The van der Waals surface area contributed by atoms with Crippen LogP contribution in [0.15, 0.2) is 12.2 Å². The lowest BCUT2D eigenvalue weighted by Crippen LogP contribution is -2.65. The van der Waals surface area contributed by atoms with Gasteiger partial charge in [0, 0.05) is 6.42 Å². The van der Waals surface area contributed by atoms with Gasteiger partial charge in [0.15, 0.2) is 12.6 Å². The van der Waals surface area contributed by atoms with Crippen molar-refractivity contribution in [3.63, 3.8) is 0 Å². The van der Waals surface area contributed by atoms with E-state index in [1.54, 1.807) is 0 Å². The predicted molar refractivity (Wildman–Crippen MR) is 199 cm³/mol. The first-order valence-electron chi connectivity index (χ1n) is 20.4. The maximum Gasteiger partial charge on any atom is 0.220 e. The molecule has 2 aliphatic rings. The average molecular weight is 764 g/mol. The van der Waals surface area contributed by atoms with Crippen molar-refractivity contribution in [1.82, 2.24) is 5.32 Å². The first-order valence-corrected chi connectivity index (χ1v) is 20.4. The smallest absolute Gasteiger partial charge is 0.220 e. The topological polar surface area (TPSA) is 228 Å². The highest BCUT2D eigenvalue weighted by Gasteiger charge is 2.50. The molecule has 0 radical (unpaired) electrons. The summed E-state index contributed by atoms with van der Waals surface area (Å²) in [4.78, 5) is 13.0. The Morgan fingerprint density at radius 2 is 1.23 bits per heavy atom. The molecular formula is C39H73NO13. The molecule has 0 bridgehead atoms. The lowest BCUT2D eigenvalue weighted by molar-refractivity contribution is -0.359. The fourth-order valence-corrected chi connectivity index (χ4v) is 6.77. The Bertz CT molecular complexity index is 956. The van der Waals surface area contributed by atoms with Crippen molar-refractivity contribution in [2.45, 2.75) is 209 Å². The van der Waals surface area contributed by atoms with Crippen molar-refractivity contribution in [3.8, 4) is 0 Å². The standard InChI is InChI=1S/C39H73NO13/c1-3-5-7-9-11-13-15-17-19-21-23-31(44)40-27(28(43)22-20-18-16-14-12-10-8-6-4-2)26-50-38-36(49)34(47)37(30(25-42)52-38)53-39-35(48)33(46)32(45)29(24-41)51-39/h7,9,27-30,32-39,41-43,45-49H,3-6,8,10-26H2,1-2H3,(H,40,44)/b9-7-. The zero-order valence-corrected chi connectivity index (χ0v) is 32.3. The number of aliphatic hydroxyl groups is 8. The van der Waals surface area contributed by atoms with Gasteiger partial charge in [-0.25, -0.2) is 0 Å². The van der Waals surface area contributed by atoms with Crippen LogP contribution in [0.4, 0.5) is 0 Å². The van der Waals surface area contributed by atoms with Crippen LogP contribution in [-0.2, 0) is 23.7 Å². The van der Waals surface area contributed by atoms with Crippen molar-refractivity contribution >= 4 is 5.91 Å². The summed E-state index contributed by atoms with van der Waals surface area (Å²) in [6.07, 6.45) is 6.81. The molecule has 0 aliphatic carbocycles. The molecule has 2 rings (SSSR count). The van der Waals surface area contributed by atoms with Gasteiger partial charge in [-0.05, 0) is 32.1 Å². The molecule has 1 amide bonds. The summed E-state index contributed by atoms with van der Waals surface area (Å²) in [6.45, 7) is 2.71. The lowest BCUT2D eigenvalue weighted by Gasteiger charge is -2.46. The van der Waals surface area contributed by atoms with Gasteiger partial charge in [-0.1, -0.05) is 109 Å². The Labute approximate surface area is 316 Å². The Morgan fingerprint density at radius 1 is 0.660 bits per heavy atom. The van der Waals surface area contributed by atoms with Gasteiger partial charge in [0.05, 0.1) is 32.0 Å². The molecule has 9 N–H and O–H groups in total. The molecule has 2 aliphatic heterocycles. The van der Waals surface area contributed by atoms with Gasteiger partial charge >= 0.3 is 0 Å². The van der Waals surface area contributed by atoms with E-state index in [4.69, 9.17) is 18.9 Å². The van der Waals surface area contributed by atoms with Gasteiger partial charge in [0.2, 0.25) is 5.91 Å². The van der Waals surface area contributed by atoms with Crippen molar-refractivity contribution in [3.05, 3.63) is 12.2 Å². The highest BCUT2D eigenvalue weighted by Crippen LogP contribution is 2.30. The molecule has 2 heterocycles. The van der Waals surface area contributed by atoms with Crippen LogP contribution in [0.1, 0.15) is 136 Å². The number of unbranched alkanes of at least 4 members (excludes halogenated alkanes) is 14. The average Bonchev–Trinajstić information content (AvgIpc) is 3.15. The van der Waals surface area contributed by atoms with E-state index in [9.17, 15) is 45.6 Å². The molecule has 2 saturated heterocycles. The number of ether oxygens (including phenoxy) is 4. The molecule has 0 aromatic rings. The quantitative estimate of drug-likeness (QED) is 0.0395. The SMILES string of the molecule is CCC/C=C\CCCCCCCC(=O)NC(COC1OC(CO)C(OC2OC(CO)C(O)C(O)C2O)C(O)C1O)C(O)CCCCCCCCCCC. The zero-order valence-electron chi connectivity index (χ0n) is 32.3. The number of rotatable bonds is 29. The number of carbonyl (C=O) groups excluding carboxylic acids is 1. The highest BCUT2D eigenvalue weighted by molar-refractivity contribution is 5.76. The minimum atomic E-state index is -1.78. The Balaban J connectivity index is 1.94. The molecule has 0 aromatic carbocycles. The van der Waals surface area contributed by atoms with Crippen LogP contribution >= 0.6 is 0 Å². The number of hydrogen-bond donors (Lipinski definition) is 9. The molecule has 14 nitrogen and oxygen atoms in total. The minimum Gasteiger partial charge on any atom is -0.394 e. The van der Waals surface area contributed by atoms with Crippen LogP contribution in [0.5, 0.6) is 0 Å². The second-order valence-corrected chi connectivity index (χ2v) is 14.8. The second kappa shape index (κ2) is 28.2. The van der Waals surface area contributed by atoms with Crippen LogP contribution < -0.4 is 5.32 Å². The van der Waals surface area contributed by atoms with E-state index < -0.39 is 86.8 Å². The van der Waals surface area contributed by atoms with Gasteiger partial charge in [-0.15, -0.1) is 0 Å². The molecule has 12 atom stereocenters. The number of carbonyl (C=O) groups is 1. The summed E-state index contributed by atoms with van der Waals surface area (Å²) in [5, 5.41) is 86.2. The lowest BCUT2D eigenvalue weighted by atomic mass is 9.97. The molecule has 14 heteroatoms. The van der Waals surface area contributed by atoms with E-state index in [1.807, 2.05) is 0 Å². The third kappa shape index (κ3) is 17.6. The highest BCUT2D eigenvalue weighted by atomic mass is 16.7. The number of amides is 1. The van der Waals surface area contributed by atoms with Gasteiger partial charge in [0.25, 0.3) is 0 Å². The number of nitrogens with one attached hydrogen (secondary N) is 1. The van der Waals surface area contributed by atoms with E-state index >= 15 is 0 Å². The normalized spacial score (nSPS) is 30.5. The summed E-state index contributed by atoms with van der Waals surface area (Å²) in [5.41, 5.74) is 0. The second-order valence-electron chi connectivity index (χ2n) is 14.8.